The van der Waals surface area contributed by atoms with Crippen molar-refractivity contribution in [1.29, 1.82) is 0 Å². The molecule has 0 radical (unpaired) electrons. The van der Waals surface area contributed by atoms with Crippen LogP contribution in [0.2, 0.25) is 0 Å². The number of rotatable bonds is 2. The summed E-state index contributed by atoms with van der Waals surface area (Å²) in [5, 5.41) is 0. The molecule has 2 saturated carbocycles. The zero-order chi connectivity index (χ0) is 10.3. The van der Waals surface area contributed by atoms with E-state index in [1.54, 1.807) is 0 Å². The van der Waals surface area contributed by atoms with Gasteiger partial charge in [0.1, 0.15) is 6.10 Å². The molecule has 0 aromatic heterocycles. The molecule has 4 unspecified atom stereocenters. The van der Waals surface area contributed by atoms with E-state index in [0.29, 0.717) is 11.8 Å². The van der Waals surface area contributed by atoms with Gasteiger partial charge >= 0.3 is 5.97 Å². The van der Waals surface area contributed by atoms with E-state index in [2.05, 4.69) is 6.58 Å². The molecule has 2 aliphatic carbocycles. The summed E-state index contributed by atoms with van der Waals surface area (Å²) < 4.78 is 18.1. The lowest BCUT2D eigenvalue weighted by Gasteiger charge is -2.26. The molecule has 2 nitrogen and oxygen atoms in total. The number of ether oxygens (including phenoxy) is 1. The van der Waals surface area contributed by atoms with E-state index in [0.717, 1.165) is 19.3 Å². The zero-order valence-corrected chi connectivity index (χ0v) is 8.33. The minimum Gasteiger partial charge on any atom is -0.462 e. The van der Waals surface area contributed by atoms with Crippen molar-refractivity contribution < 1.29 is 13.9 Å². The van der Waals surface area contributed by atoms with Crippen molar-refractivity contribution in [2.24, 2.45) is 17.8 Å². The Morgan fingerprint density at radius 3 is 2.50 bits per heavy atom. The first-order chi connectivity index (χ1) is 6.58. The van der Waals surface area contributed by atoms with Crippen LogP contribution in [0.15, 0.2) is 12.4 Å². The van der Waals surface area contributed by atoms with Gasteiger partial charge in [0.2, 0.25) is 0 Å². The highest BCUT2D eigenvalue weighted by molar-refractivity contribution is 5.66. The third-order valence-electron chi connectivity index (χ3n) is 3.51. The maximum atomic E-state index is 13.0. The van der Waals surface area contributed by atoms with E-state index in [9.17, 15) is 9.18 Å². The van der Waals surface area contributed by atoms with Gasteiger partial charge in [-0.25, -0.2) is 4.39 Å². The molecular weight excluding hydrogens is 183 g/mol. The number of halogens is 1. The van der Waals surface area contributed by atoms with Gasteiger partial charge < -0.3 is 4.74 Å². The van der Waals surface area contributed by atoms with Crippen LogP contribution in [0, 0.1) is 17.8 Å². The lowest BCUT2D eigenvalue weighted by atomic mass is 9.86. The molecule has 0 aromatic rings. The molecule has 0 heterocycles. The Kier molecular flexibility index (Phi) is 2.33. The predicted octanol–water partition coefficient (Wildman–Crippen LogP) is 2.45. The van der Waals surface area contributed by atoms with Crippen LogP contribution in [0.4, 0.5) is 4.39 Å². The fourth-order valence-corrected chi connectivity index (χ4v) is 2.96. The lowest BCUT2D eigenvalue weighted by molar-refractivity contribution is -0.149. The average Bonchev–Trinajstić information content (AvgIpc) is 2.60. The minimum atomic E-state index is -0.224. The van der Waals surface area contributed by atoms with Gasteiger partial charge in [0.25, 0.3) is 0 Å². The number of fused-ring (bicyclic) bond motifs is 2. The Hall–Kier alpha value is -0.860. The first-order valence-electron chi connectivity index (χ1n) is 5.09. The third-order valence-corrected chi connectivity index (χ3v) is 3.51. The van der Waals surface area contributed by atoms with E-state index in [1.807, 2.05) is 0 Å². The van der Waals surface area contributed by atoms with Gasteiger partial charge in [-0.3, -0.25) is 4.79 Å². The van der Waals surface area contributed by atoms with Gasteiger partial charge in [-0.1, -0.05) is 6.58 Å². The van der Waals surface area contributed by atoms with E-state index < -0.39 is 0 Å². The van der Waals surface area contributed by atoms with Gasteiger partial charge in [0, 0.05) is 12.8 Å². The summed E-state index contributed by atoms with van der Waals surface area (Å²) in [6, 6.07) is 0. The van der Waals surface area contributed by atoms with Gasteiger partial charge in [-0.05, 0) is 31.1 Å². The molecule has 3 heteroatoms. The molecule has 0 spiro atoms. The first-order valence-corrected chi connectivity index (χ1v) is 5.09. The van der Waals surface area contributed by atoms with Crippen molar-refractivity contribution in [2.45, 2.75) is 32.3 Å². The SMILES string of the molecule is C=C(F)C1CC2CC1CC2OC(C)=O. The number of esters is 1. The highest BCUT2D eigenvalue weighted by Crippen LogP contribution is 2.52. The highest BCUT2D eigenvalue weighted by Gasteiger charge is 2.48. The summed E-state index contributed by atoms with van der Waals surface area (Å²) in [5.74, 6) is 0.312. The van der Waals surface area contributed by atoms with Crippen molar-refractivity contribution in [1.82, 2.24) is 0 Å². The summed E-state index contributed by atoms with van der Waals surface area (Å²) >= 11 is 0. The van der Waals surface area contributed by atoms with Crippen LogP contribution in [0.1, 0.15) is 26.2 Å². The molecule has 0 amide bonds. The number of hydrogen-bond acceptors (Lipinski definition) is 2. The Balaban J connectivity index is 1.96. The Morgan fingerprint density at radius 2 is 2.07 bits per heavy atom. The quantitative estimate of drug-likeness (QED) is 0.637. The smallest absolute Gasteiger partial charge is 0.302 e. The summed E-state index contributed by atoms with van der Waals surface area (Å²) in [5.41, 5.74) is 0. The maximum absolute atomic E-state index is 13.0. The molecule has 4 atom stereocenters. The maximum Gasteiger partial charge on any atom is 0.302 e. The largest absolute Gasteiger partial charge is 0.462 e. The van der Waals surface area contributed by atoms with Crippen LogP contribution in [-0.2, 0) is 9.53 Å². The number of carbonyl (C=O) groups is 1. The number of allylic oxidation sites excluding steroid dienone is 1. The van der Waals surface area contributed by atoms with E-state index in [-0.39, 0.29) is 23.8 Å². The van der Waals surface area contributed by atoms with Crippen LogP contribution in [0.5, 0.6) is 0 Å². The molecule has 0 saturated heterocycles. The van der Waals surface area contributed by atoms with Crippen molar-refractivity contribution in [3.05, 3.63) is 12.4 Å². The molecule has 0 N–H and O–H groups in total. The fraction of sp³-hybridized carbons (Fsp3) is 0.727. The summed E-state index contributed by atoms with van der Waals surface area (Å²) in [4.78, 5) is 10.8. The summed E-state index contributed by atoms with van der Waals surface area (Å²) in [6.07, 6.45) is 2.65. The third kappa shape index (κ3) is 1.56. The van der Waals surface area contributed by atoms with E-state index in [1.165, 1.54) is 6.92 Å². The van der Waals surface area contributed by atoms with Crippen LogP contribution in [0.3, 0.4) is 0 Å². The normalized spacial score (nSPS) is 39.9. The van der Waals surface area contributed by atoms with Crippen LogP contribution in [0.25, 0.3) is 0 Å². The van der Waals surface area contributed by atoms with Crippen molar-refractivity contribution in [2.75, 3.05) is 0 Å². The molecule has 78 valence electrons. The topological polar surface area (TPSA) is 26.3 Å². The van der Waals surface area contributed by atoms with Crippen LogP contribution < -0.4 is 0 Å². The van der Waals surface area contributed by atoms with Crippen molar-refractivity contribution >= 4 is 5.97 Å². The zero-order valence-electron chi connectivity index (χ0n) is 8.33. The van der Waals surface area contributed by atoms with Crippen LogP contribution >= 0.6 is 0 Å². The predicted molar refractivity (Wildman–Crippen MR) is 50.1 cm³/mol. The molecule has 0 aliphatic heterocycles. The van der Waals surface area contributed by atoms with Gasteiger partial charge in [0.05, 0.1) is 5.83 Å². The molecule has 2 aliphatic rings. The monoisotopic (exact) mass is 198 g/mol. The number of carbonyl (C=O) groups excluding carboxylic acids is 1. The Bertz CT molecular complexity index is 274. The molecular formula is C11H15FO2. The van der Waals surface area contributed by atoms with Crippen LogP contribution in [-0.4, -0.2) is 12.1 Å². The highest BCUT2D eigenvalue weighted by atomic mass is 19.1. The molecule has 2 bridgehead atoms. The molecule has 14 heavy (non-hydrogen) atoms. The van der Waals surface area contributed by atoms with Gasteiger partial charge in [0.15, 0.2) is 0 Å². The Morgan fingerprint density at radius 1 is 1.36 bits per heavy atom. The standard InChI is InChI=1S/C11H15FO2/c1-6(12)10-4-9-3-8(10)5-11(9)14-7(2)13/h8-11H,1,3-5H2,2H3. The second-order valence-corrected chi connectivity index (χ2v) is 4.43. The van der Waals surface area contributed by atoms with Gasteiger partial charge in [-0.15, -0.1) is 0 Å². The molecule has 0 aromatic carbocycles. The second kappa shape index (κ2) is 3.37. The summed E-state index contributed by atoms with van der Waals surface area (Å²) in [6.45, 7) is 4.80. The van der Waals surface area contributed by atoms with E-state index in [4.69, 9.17) is 4.74 Å². The fourth-order valence-electron chi connectivity index (χ4n) is 2.96. The van der Waals surface area contributed by atoms with Gasteiger partial charge in [-0.2, -0.15) is 0 Å². The average molecular weight is 198 g/mol. The van der Waals surface area contributed by atoms with Crippen molar-refractivity contribution in [3.8, 4) is 0 Å². The summed E-state index contributed by atoms with van der Waals surface area (Å²) in [7, 11) is 0. The number of hydrogen-bond donors (Lipinski definition) is 0. The first kappa shape index (κ1) is 9.69. The molecule has 2 rings (SSSR count). The lowest BCUT2D eigenvalue weighted by Crippen LogP contribution is -2.26. The van der Waals surface area contributed by atoms with E-state index >= 15 is 0 Å². The van der Waals surface area contributed by atoms with Crippen molar-refractivity contribution in [3.63, 3.8) is 0 Å². The second-order valence-electron chi connectivity index (χ2n) is 4.43. The Labute approximate surface area is 83.1 Å². The molecule has 2 fully saturated rings. The minimum absolute atomic E-state index is 0.0202.